The molecule has 0 aromatic heterocycles. The number of hydrogen-bond donors (Lipinski definition) is 0. The normalized spacial score (nSPS) is 16.6. The molecular weight excluding hydrogens is 481 g/mol. The Bertz CT molecular complexity index is 580. The van der Waals surface area contributed by atoms with Crippen LogP contribution in [0.5, 0.6) is 0 Å². The Hall–Kier alpha value is -1.33. The van der Waals surface area contributed by atoms with Gasteiger partial charge in [0.2, 0.25) is 0 Å². The van der Waals surface area contributed by atoms with Crippen molar-refractivity contribution in [1.82, 2.24) is 0 Å². The molecule has 0 bridgehead atoms. The van der Waals surface area contributed by atoms with Crippen molar-refractivity contribution in [3.8, 4) is 0 Å². The predicted molar refractivity (Wildman–Crippen MR) is 51.3 cm³/mol. The number of alkyl halides is 19. The van der Waals surface area contributed by atoms with Crippen LogP contribution in [0.15, 0.2) is 0 Å². The summed E-state index contributed by atoms with van der Waals surface area (Å²) in [6, 6.07) is 0. The summed E-state index contributed by atoms with van der Waals surface area (Å²) in [5.74, 6) is -55.0. The van der Waals surface area contributed by atoms with Crippen LogP contribution in [0.2, 0.25) is 0 Å². The molecule has 0 fully saturated rings. The quantitative estimate of drug-likeness (QED) is 0.339. The van der Waals surface area contributed by atoms with Crippen LogP contribution in [-0.2, 0) is 0 Å². The van der Waals surface area contributed by atoms with Gasteiger partial charge in [-0.15, -0.1) is 0 Å². The molecule has 0 aromatic rings. The third-order valence-electron chi connectivity index (χ3n) is 3.20. The molecule has 0 heterocycles. The SMILES string of the molecule is FC(F)C(F)(F)C(F)(F)CC(F)(F)C(F)(F)C(F)(F)C(F)(F)C(F)(F)C(F)(F)F. The molecule has 0 unspecified atom stereocenters. The van der Waals surface area contributed by atoms with E-state index in [0.29, 0.717) is 0 Å². The third-order valence-corrected chi connectivity index (χ3v) is 3.20. The highest BCUT2D eigenvalue weighted by molar-refractivity contribution is 5.11. The van der Waals surface area contributed by atoms with Gasteiger partial charge in [0.15, 0.2) is 0 Å². The standard InChI is InChI=1S/C10H3F19/c11-2(12)5(17,18)3(13,14)1-4(15,16)6(19,20)7(21,22)8(23,24)9(25,26)10(27,28)29/h2H,1H2. The van der Waals surface area contributed by atoms with Crippen LogP contribution in [-0.4, -0.2) is 54.1 Å². The summed E-state index contributed by atoms with van der Waals surface area (Å²) in [6.45, 7) is 0. The molecule has 0 rings (SSSR count). The van der Waals surface area contributed by atoms with Crippen LogP contribution >= 0.6 is 0 Å². The second-order valence-corrected chi connectivity index (χ2v) is 5.30. The van der Waals surface area contributed by atoms with Crippen LogP contribution in [0.4, 0.5) is 83.4 Å². The van der Waals surface area contributed by atoms with Gasteiger partial charge < -0.3 is 0 Å². The summed E-state index contributed by atoms with van der Waals surface area (Å²) in [4.78, 5) is 0. The van der Waals surface area contributed by atoms with Gasteiger partial charge in [0.05, 0.1) is 6.42 Å². The van der Waals surface area contributed by atoms with E-state index in [0.717, 1.165) is 0 Å². The van der Waals surface area contributed by atoms with Gasteiger partial charge in [-0.25, -0.2) is 8.78 Å². The molecule has 19 heteroatoms. The van der Waals surface area contributed by atoms with Crippen LogP contribution in [0.1, 0.15) is 6.42 Å². The summed E-state index contributed by atoms with van der Waals surface area (Å²) in [6.07, 6.45) is -18.1. The van der Waals surface area contributed by atoms with Crippen LogP contribution in [0, 0.1) is 0 Å². The predicted octanol–water partition coefficient (Wildman–Crippen LogP) is 6.65. The van der Waals surface area contributed by atoms with Crippen molar-refractivity contribution < 1.29 is 83.4 Å². The van der Waals surface area contributed by atoms with Crippen molar-refractivity contribution >= 4 is 0 Å². The lowest BCUT2D eigenvalue weighted by atomic mass is 9.90. The lowest BCUT2D eigenvalue weighted by Gasteiger charge is -2.40. The largest absolute Gasteiger partial charge is 0.460 e. The molecule has 0 saturated carbocycles. The Kier molecular flexibility index (Phi) is 6.53. The van der Waals surface area contributed by atoms with E-state index in [1.165, 1.54) is 0 Å². The van der Waals surface area contributed by atoms with E-state index in [4.69, 9.17) is 0 Å². The average molecular weight is 484 g/mol. The minimum absolute atomic E-state index is 4.76. The zero-order chi connectivity index (χ0) is 24.3. The highest BCUT2D eigenvalue weighted by atomic mass is 19.4. The van der Waals surface area contributed by atoms with Crippen LogP contribution < -0.4 is 0 Å². The fourth-order valence-corrected chi connectivity index (χ4v) is 1.47. The van der Waals surface area contributed by atoms with Crippen molar-refractivity contribution in [2.24, 2.45) is 0 Å². The Balaban J connectivity index is 6.39. The zero-order valence-electron chi connectivity index (χ0n) is 12.5. The van der Waals surface area contributed by atoms with Gasteiger partial charge >= 0.3 is 54.1 Å². The molecule has 0 nitrogen and oxygen atoms in total. The van der Waals surface area contributed by atoms with E-state index < -0.39 is 60.5 Å². The maximum atomic E-state index is 13.1. The summed E-state index contributed by atoms with van der Waals surface area (Å²) >= 11 is 0. The molecule has 29 heavy (non-hydrogen) atoms. The van der Waals surface area contributed by atoms with E-state index in [-0.39, 0.29) is 0 Å². The van der Waals surface area contributed by atoms with E-state index in [2.05, 4.69) is 0 Å². The van der Waals surface area contributed by atoms with Gasteiger partial charge in [0.25, 0.3) is 0 Å². The molecule has 0 aliphatic carbocycles. The van der Waals surface area contributed by atoms with E-state index in [9.17, 15) is 83.4 Å². The lowest BCUT2D eigenvalue weighted by molar-refractivity contribution is -0.443. The van der Waals surface area contributed by atoms with Crippen molar-refractivity contribution in [2.45, 2.75) is 60.5 Å². The van der Waals surface area contributed by atoms with Gasteiger partial charge in [-0.3, -0.25) is 0 Å². The minimum atomic E-state index is -8.50. The van der Waals surface area contributed by atoms with Crippen LogP contribution in [0.3, 0.4) is 0 Å². The van der Waals surface area contributed by atoms with Crippen LogP contribution in [0.25, 0.3) is 0 Å². The Morgan fingerprint density at radius 1 is 0.414 bits per heavy atom. The molecule has 0 aliphatic rings. The van der Waals surface area contributed by atoms with Gasteiger partial charge in [-0.2, -0.15) is 74.6 Å². The molecule has 0 atom stereocenters. The smallest absolute Gasteiger partial charge is 0.203 e. The van der Waals surface area contributed by atoms with Crippen molar-refractivity contribution in [2.75, 3.05) is 0 Å². The molecule has 176 valence electrons. The minimum Gasteiger partial charge on any atom is -0.203 e. The van der Waals surface area contributed by atoms with Gasteiger partial charge in [-0.1, -0.05) is 0 Å². The summed E-state index contributed by atoms with van der Waals surface area (Å²) < 4.78 is 238. The van der Waals surface area contributed by atoms with Crippen molar-refractivity contribution in [1.29, 1.82) is 0 Å². The second-order valence-electron chi connectivity index (χ2n) is 5.30. The summed E-state index contributed by atoms with van der Waals surface area (Å²) in [5.41, 5.74) is 0. The first-order chi connectivity index (χ1) is 12.2. The van der Waals surface area contributed by atoms with Gasteiger partial charge in [0, 0.05) is 0 Å². The van der Waals surface area contributed by atoms with E-state index in [1.807, 2.05) is 0 Å². The molecule has 0 spiro atoms. The highest BCUT2D eigenvalue weighted by Crippen LogP contribution is 2.62. The highest BCUT2D eigenvalue weighted by Gasteiger charge is 2.91. The first kappa shape index (κ1) is 27.7. The fourth-order valence-electron chi connectivity index (χ4n) is 1.47. The van der Waals surface area contributed by atoms with Gasteiger partial charge in [0.1, 0.15) is 0 Å². The second kappa shape index (κ2) is 6.84. The maximum absolute atomic E-state index is 13.1. The van der Waals surface area contributed by atoms with Crippen molar-refractivity contribution in [3.63, 3.8) is 0 Å². The third kappa shape index (κ3) is 3.88. The molecule has 0 amide bonds. The Morgan fingerprint density at radius 3 is 1.00 bits per heavy atom. The summed E-state index contributed by atoms with van der Waals surface area (Å²) in [7, 11) is 0. The Labute approximate surface area is 145 Å². The fraction of sp³-hybridized carbons (Fsp3) is 1.00. The number of halogens is 19. The molecule has 0 radical (unpaired) electrons. The van der Waals surface area contributed by atoms with Gasteiger partial charge in [-0.05, 0) is 0 Å². The summed E-state index contributed by atoms with van der Waals surface area (Å²) in [5, 5.41) is 0. The lowest BCUT2D eigenvalue weighted by Crippen LogP contribution is -2.70. The first-order valence-corrected chi connectivity index (χ1v) is 6.14. The Morgan fingerprint density at radius 2 is 0.724 bits per heavy atom. The molecule has 0 N–H and O–H groups in total. The zero-order valence-corrected chi connectivity index (χ0v) is 12.5. The average Bonchev–Trinajstić information content (AvgIpc) is 2.43. The monoisotopic (exact) mass is 484 g/mol. The molecular formula is C10H3F19. The first-order valence-electron chi connectivity index (χ1n) is 6.14. The van der Waals surface area contributed by atoms with E-state index >= 15 is 0 Å². The topological polar surface area (TPSA) is 0 Å². The van der Waals surface area contributed by atoms with Crippen molar-refractivity contribution in [3.05, 3.63) is 0 Å². The maximum Gasteiger partial charge on any atom is 0.460 e. The molecule has 0 saturated heterocycles. The number of rotatable bonds is 8. The molecule has 0 aromatic carbocycles. The number of hydrogen-bond acceptors (Lipinski definition) is 0. The molecule has 0 aliphatic heterocycles. The van der Waals surface area contributed by atoms with E-state index in [1.54, 1.807) is 0 Å².